The Morgan fingerprint density at radius 1 is 0.895 bits per heavy atom. The topological polar surface area (TPSA) is 26.0 Å². The highest BCUT2D eigenvalue weighted by Crippen LogP contribution is 2.35. The fraction of sp³-hybridized carbons (Fsp3) is 0. The Morgan fingerprint density at radius 3 is 2.74 bits per heavy atom. The van der Waals surface area contributed by atoms with E-state index in [1.54, 1.807) is 6.20 Å². The van der Waals surface area contributed by atoms with Gasteiger partial charge in [-0.2, -0.15) is 0 Å². The van der Waals surface area contributed by atoms with E-state index in [4.69, 9.17) is 4.42 Å². The SMILES string of the molecule is [c]1cccc2oc3cccc(-c4ccccn4)c3c12. The number of hydrogen-bond acceptors (Lipinski definition) is 2. The number of furan rings is 1. The zero-order valence-electron chi connectivity index (χ0n) is 10.1. The van der Waals surface area contributed by atoms with E-state index in [-0.39, 0.29) is 0 Å². The van der Waals surface area contributed by atoms with Crippen molar-refractivity contribution in [2.24, 2.45) is 0 Å². The number of benzene rings is 2. The molecule has 4 rings (SSSR count). The molecule has 2 nitrogen and oxygen atoms in total. The van der Waals surface area contributed by atoms with Gasteiger partial charge in [0.05, 0.1) is 5.69 Å². The Labute approximate surface area is 110 Å². The smallest absolute Gasteiger partial charge is 0.136 e. The molecule has 19 heavy (non-hydrogen) atoms. The van der Waals surface area contributed by atoms with Gasteiger partial charge in [-0.25, -0.2) is 0 Å². The minimum Gasteiger partial charge on any atom is -0.456 e. The molecule has 0 N–H and O–H groups in total. The first-order valence-electron chi connectivity index (χ1n) is 6.17. The van der Waals surface area contributed by atoms with Crippen LogP contribution >= 0.6 is 0 Å². The second kappa shape index (κ2) is 3.95. The molecule has 0 bridgehead atoms. The Kier molecular flexibility index (Phi) is 2.15. The summed E-state index contributed by atoms with van der Waals surface area (Å²) in [5, 5.41) is 2.09. The fourth-order valence-electron chi connectivity index (χ4n) is 2.43. The van der Waals surface area contributed by atoms with Gasteiger partial charge in [-0.3, -0.25) is 4.98 Å². The van der Waals surface area contributed by atoms with Crippen LogP contribution in [0.2, 0.25) is 0 Å². The van der Waals surface area contributed by atoms with Gasteiger partial charge in [0.1, 0.15) is 11.2 Å². The number of nitrogens with zero attached hydrogens (tertiary/aromatic N) is 1. The lowest BCUT2D eigenvalue weighted by Crippen LogP contribution is -1.82. The van der Waals surface area contributed by atoms with E-state index in [9.17, 15) is 0 Å². The predicted octanol–water partition coefficient (Wildman–Crippen LogP) is 4.45. The quantitative estimate of drug-likeness (QED) is 0.494. The molecule has 0 aliphatic rings. The third kappa shape index (κ3) is 1.54. The summed E-state index contributed by atoms with van der Waals surface area (Å²) in [5.41, 5.74) is 3.77. The molecular formula is C17H10NO. The van der Waals surface area contributed by atoms with E-state index < -0.39 is 0 Å². The minimum absolute atomic E-state index is 0.862. The van der Waals surface area contributed by atoms with Gasteiger partial charge < -0.3 is 4.42 Å². The van der Waals surface area contributed by atoms with E-state index in [0.717, 1.165) is 33.2 Å². The summed E-state index contributed by atoms with van der Waals surface area (Å²) in [6, 6.07) is 21.0. The predicted molar refractivity (Wildman–Crippen MR) is 75.8 cm³/mol. The lowest BCUT2D eigenvalue weighted by Gasteiger charge is -2.01. The number of hydrogen-bond donors (Lipinski definition) is 0. The highest BCUT2D eigenvalue weighted by Gasteiger charge is 2.12. The van der Waals surface area contributed by atoms with Crippen molar-refractivity contribution in [3.63, 3.8) is 0 Å². The van der Waals surface area contributed by atoms with Crippen molar-refractivity contribution in [1.82, 2.24) is 4.98 Å². The third-order valence-electron chi connectivity index (χ3n) is 3.25. The summed E-state index contributed by atoms with van der Waals surface area (Å²) in [6.45, 7) is 0. The van der Waals surface area contributed by atoms with E-state index in [2.05, 4.69) is 17.1 Å². The zero-order valence-corrected chi connectivity index (χ0v) is 10.1. The zero-order chi connectivity index (χ0) is 12.7. The van der Waals surface area contributed by atoms with Crippen molar-refractivity contribution in [2.45, 2.75) is 0 Å². The molecule has 4 aromatic rings. The molecule has 0 saturated heterocycles. The van der Waals surface area contributed by atoms with Crippen molar-refractivity contribution in [3.05, 3.63) is 66.9 Å². The maximum absolute atomic E-state index is 5.86. The molecule has 2 aromatic heterocycles. The van der Waals surface area contributed by atoms with Crippen LogP contribution in [0.5, 0.6) is 0 Å². The average molecular weight is 244 g/mol. The van der Waals surface area contributed by atoms with Crippen LogP contribution in [0, 0.1) is 6.07 Å². The lowest BCUT2D eigenvalue weighted by molar-refractivity contribution is 0.669. The molecule has 0 aliphatic carbocycles. The molecule has 0 saturated carbocycles. The van der Waals surface area contributed by atoms with Gasteiger partial charge in [0.15, 0.2) is 0 Å². The van der Waals surface area contributed by atoms with Gasteiger partial charge in [0.25, 0.3) is 0 Å². The van der Waals surface area contributed by atoms with Crippen LogP contribution in [0.4, 0.5) is 0 Å². The molecule has 1 radical (unpaired) electrons. The van der Waals surface area contributed by atoms with E-state index in [1.165, 1.54) is 0 Å². The molecule has 0 atom stereocenters. The van der Waals surface area contributed by atoms with Gasteiger partial charge in [0, 0.05) is 22.5 Å². The second-order valence-corrected chi connectivity index (χ2v) is 4.41. The van der Waals surface area contributed by atoms with E-state index >= 15 is 0 Å². The lowest BCUT2D eigenvalue weighted by atomic mass is 10.0. The summed E-state index contributed by atoms with van der Waals surface area (Å²) < 4.78 is 5.86. The first-order valence-corrected chi connectivity index (χ1v) is 6.17. The van der Waals surface area contributed by atoms with Crippen LogP contribution in [0.3, 0.4) is 0 Å². The first-order chi connectivity index (χ1) is 9.43. The molecule has 2 aromatic carbocycles. The van der Waals surface area contributed by atoms with Gasteiger partial charge in [0.2, 0.25) is 0 Å². The van der Waals surface area contributed by atoms with Crippen molar-refractivity contribution >= 4 is 21.9 Å². The average Bonchev–Trinajstić information content (AvgIpc) is 2.86. The van der Waals surface area contributed by atoms with Gasteiger partial charge in [-0.05, 0) is 30.3 Å². The summed E-state index contributed by atoms with van der Waals surface area (Å²) in [7, 11) is 0. The van der Waals surface area contributed by atoms with Crippen molar-refractivity contribution in [1.29, 1.82) is 0 Å². The number of pyridine rings is 1. The monoisotopic (exact) mass is 244 g/mol. The van der Waals surface area contributed by atoms with Crippen LogP contribution in [-0.2, 0) is 0 Å². The Morgan fingerprint density at radius 2 is 1.84 bits per heavy atom. The molecule has 0 spiro atoms. The van der Waals surface area contributed by atoms with Gasteiger partial charge in [-0.1, -0.05) is 30.3 Å². The summed E-state index contributed by atoms with van der Waals surface area (Å²) in [6.07, 6.45) is 1.81. The molecule has 0 aliphatic heterocycles. The highest BCUT2D eigenvalue weighted by atomic mass is 16.3. The van der Waals surface area contributed by atoms with Crippen LogP contribution < -0.4 is 0 Å². The molecular weight excluding hydrogens is 234 g/mol. The summed E-state index contributed by atoms with van der Waals surface area (Å²) in [4.78, 5) is 4.43. The van der Waals surface area contributed by atoms with E-state index in [0.29, 0.717) is 0 Å². The molecule has 89 valence electrons. The van der Waals surface area contributed by atoms with E-state index in [1.807, 2.05) is 48.5 Å². The standard InChI is InChI=1S/C17H10NO/c1-2-9-15-13(6-1)17-12(7-5-10-16(17)19-15)14-8-3-4-11-18-14/h1-5,7-11H. The molecule has 0 fully saturated rings. The third-order valence-corrected chi connectivity index (χ3v) is 3.25. The van der Waals surface area contributed by atoms with Crippen molar-refractivity contribution in [2.75, 3.05) is 0 Å². The molecule has 0 unspecified atom stereocenters. The Hall–Kier alpha value is -2.61. The van der Waals surface area contributed by atoms with Gasteiger partial charge in [-0.15, -0.1) is 0 Å². The molecule has 2 heteroatoms. The van der Waals surface area contributed by atoms with Gasteiger partial charge >= 0.3 is 0 Å². The normalized spacial score (nSPS) is 11.2. The molecule has 0 amide bonds. The first kappa shape index (κ1) is 10.3. The minimum atomic E-state index is 0.862. The Balaban J connectivity index is 2.17. The summed E-state index contributed by atoms with van der Waals surface area (Å²) >= 11 is 0. The fourth-order valence-corrected chi connectivity index (χ4v) is 2.43. The number of fused-ring (bicyclic) bond motifs is 3. The highest BCUT2D eigenvalue weighted by molar-refractivity contribution is 6.11. The maximum Gasteiger partial charge on any atom is 0.136 e. The Bertz CT molecular complexity index is 862. The van der Waals surface area contributed by atoms with Crippen LogP contribution in [-0.4, -0.2) is 4.98 Å². The maximum atomic E-state index is 5.86. The summed E-state index contributed by atoms with van der Waals surface area (Å²) in [5.74, 6) is 0. The van der Waals surface area contributed by atoms with Crippen LogP contribution in [0.1, 0.15) is 0 Å². The van der Waals surface area contributed by atoms with Crippen molar-refractivity contribution in [3.8, 4) is 11.3 Å². The number of aromatic nitrogens is 1. The second-order valence-electron chi connectivity index (χ2n) is 4.41. The number of rotatable bonds is 1. The molecule has 2 heterocycles. The van der Waals surface area contributed by atoms with Crippen LogP contribution in [0.25, 0.3) is 33.2 Å². The van der Waals surface area contributed by atoms with Crippen molar-refractivity contribution < 1.29 is 4.42 Å². The largest absolute Gasteiger partial charge is 0.456 e. The van der Waals surface area contributed by atoms with Crippen LogP contribution in [0.15, 0.2) is 65.2 Å².